The number of halogens is 1. The monoisotopic (exact) mass is 550 g/mol. The fourth-order valence-corrected chi connectivity index (χ4v) is 4.37. The lowest BCUT2D eigenvalue weighted by atomic mass is 10.1. The van der Waals surface area contributed by atoms with E-state index in [1.54, 1.807) is 27.7 Å². The van der Waals surface area contributed by atoms with Crippen LogP contribution in [0.5, 0.6) is 5.75 Å². The first kappa shape index (κ1) is 27.7. The summed E-state index contributed by atoms with van der Waals surface area (Å²) in [4.78, 5) is 48.5. The van der Waals surface area contributed by atoms with Crippen LogP contribution in [0.4, 0.5) is 10.7 Å². The predicted molar refractivity (Wildman–Crippen MR) is 135 cm³/mol. The average Bonchev–Trinajstić information content (AvgIpc) is 3.42. The van der Waals surface area contributed by atoms with Crippen molar-refractivity contribution in [2.75, 3.05) is 11.9 Å². The van der Waals surface area contributed by atoms with Crippen LogP contribution >= 0.6 is 22.9 Å². The summed E-state index contributed by atoms with van der Waals surface area (Å²) in [5.41, 5.74) is 0.177. The number of furan rings is 1. The quantitative estimate of drug-likeness (QED) is 0.188. The minimum Gasteiger partial charge on any atom is -0.484 e. The molecular formula is C24H23ClN2O9S. The number of benzene rings is 1. The lowest BCUT2D eigenvalue weighted by molar-refractivity contribution is -0.384. The molecule has 11 nitrogen and oxygen atoms in total. The molecule has 3 rings (SSSR count). The molecule has 2 heterocycles. The van der Waals surface area contributed by atoms with Gasteiger partial charge >= 0.3 is 11.9 Å². The molecule has 37 heavy (non-hydrogen) atoms. The van der Waals surface area contributed by atoms with Crippen LogP contribution in [0.2, 0.25) is 5.02 Å². The van der Waals surface area contributed by atoms with Crippen LogP contribution in [0.1, 0.15) is 62.7 Å². The molecule has 0 radical (unpaired) electrons. The molecule has 0 fully saturated rings. The Labute approximate surface area is 220 Å². The van der Waals surface area contributed by atoms with E-state index in [1.807, 2.05) is 0 Å². The zero-order valence-corrected chi connectivity index (χ0v) is 21.9. The molecule has 1 N–H and O–H groups in total. The Morgan fingerprint density at radius 1 is 1.19 bits per heavy atom. The number of hydrogen-bond donors (Lipinski definition) is 1. The average molecular weight is 551 g/mol. The highest BCUT2D eigenvalue weighted by atomic mass is 35.5. The molecule has 0 atom stereocenters. The Morgan fingerprint density at radius 3 is 2.57 bits per heavy atom. The van der Waals surface area contributed by atoms with Crippen molar-refractivity contribution in [3.05, 3.63) is 73.0 Å². The zero-order valence-electron chi connectivity index (χ0n) is 20.3. The van der Waals surface area contributed by atoms with Crippen molar-refractivity contribution < 1.29 is 37.9 Å². The van der Waals surface area contributed by atoms with Gasteiger partial charge in [-0.25, -0.2) is 9.59 Å². The number of rotatable bonds is 10. The maximum absolute atomic E-state index is 12.9. The van der Waals surface area contributed by atoms with E-state index in [1.165, 1.54) is 30.3 Å². The molecule has 0 saturated carbocycles. The normalized spacial score (nSPS) is 10.8. The highest BCUT2D eigenvalue weighted by molar-refractivity contribution is 7.18. The van der Waals surface area contributed by atoms with Crippen LogP contribution in [-0.2, 0) is 16.1 Å². The SMILES string of the molecule is CCOC(=O)c1sc(NC(=O)c2ccc(COc3cc([N+](=O)[O-])ccc3Cl)o2)c(C(=O)OC(C)C)c1C. The zero-order chi connectivity index (χ0) is 27.3. The fourth-order valence-electron chi connectivity index (χ4n) is 3.12. The van der Waals surface area contributed by atoms with Gasteiger partial charge in [-0.3, -0.25) is 14.9 Å². The standard InChI is InChI=1S/C24H23ClN2O9S/c1-5-33-24(30)20-13(4)19(23(29)35-12(2)3)22(37-20)26-21(28)17-9-7-15(36-17)11-34-18-10-14(27(31)32)6-8-16(18)25/h6-10,12H,5,11H2,1-4H3,(H,26,28). The van der Waals surface area contributed by atoms with Crippen LogP contribution in [0.15, 0.2) is 34.7 Å². The molecule has 0 aliphatic heterocycles. The number of anilines is 1. The van der Waals surface area contributed by atoms with E-state index in [-0.39, 0.29) is 56.6 Å². The van der Waals surface area contributed by atoms with Crippen molar-refractivity contribution in [2.24, 2.45) is 0 Å². The molecule has 0 aliphatic carbocycles. The van der Waals surface area contributed by atoms with Gasteiger partial charge in [0.15, 0.2) is 5.76 Å². The molecular weight excluding hydrogens is 528 g/mol. The van der Waals surface area contributed by atoms with E-state index in [0.717, 1.165) is 11.3 Å². The van der Waals surface area contributed by atoms with Crippen molar-refractivity contribution in [3.63, 3.8) is 0 Å². The summed E-state index contributed by atoms with van der Waals surface area (Å²) in [5.74, 6) is -1.79. The van der Waals surface area contributed by atoms with Crippen LogP contribution in [0.3, 0.4) is 0 Å². The second-order valence-corrected chi connectivity index (χ2v) is 9.24. The summed E-state index contributed by atoms with van der Waals surface area (Å²) in [6.07, 6.45) is -0.423. The summed E-state index contributed by atoms with van der Waals surface area (Å²) >= 11 is 6.92. The number of carbonyl (C=O) groups is 3. The Kier molecular flexibility index (Phi) is 8.90. The molecule has 3 aromatic rings. The topological polar surface area (TPSA) is 147 Å². The molecule has 0 unspecified atom stereocenters. The first-order valence-electron chi connectivity index (χ1n) is 11.0. The van der Waals surface area contributed by atoms with Gasteiger partial charge in [-0.2, -0.15) is 0 Å². The first-order valence-corrected chi connectivity index (χ1v) is 12.2. The fraction of sp³-hybridized carbons (Fsp3) is 0.292. The van der Waals surface area contributed by atoms with E-state index >= 15 is 0 Å². The Morgan fingerprint density at radius 2 is 1.92 bits per heavy atom. The van der Waals surface area contributed by atoms with Gasteiger partial charge in [-0.1, -0.05) is 11.6 Å². The third kappa shape index (κ3) is 6.66. The third-order valence-corrected chi connectivity index (χ3v) is 6.26. The van der Waals surface area contributed by atoms with Crippen LogP contribution < -0.4 is 10.1 Å². The summed E-state index contributed by atoms with van der Waals surface area (Å²) in [6.45, 7) is 6.56. The van der Waals surface area contributed by atoms with Crippen molar-refractivity contribution in [3.8, 4) is 5.75 Å². The summed E-state index contributed by atoms with van der Waals surface area (Å²) < 4.78 is 21.4. The summed E-state index contributed by atoms with van der Waals surface area (Å²) in [7, 11) is 0. The maximum atomic E-state index is 12.9. The molecule has 196 valence electrons. The largest absolute Gasteiger partial charge is 0.484 e. The number of ether oxygens (including phenoxy) is 3. The van der Waals surface area contributed by atoms with E-state index in [0.29, 0.717) is 5.56 Å². The van der Waals surface area contributed by atoms with Crippen LogP contribution in [-0.4, -0.2) is 35.5 Å². The Bertz CT molecular complexity index is 1350. The highest BCUT2D eigenvalue weighted by Crippen LogP contribution is 2.35. The lowest BCUT2D eigenvalue weighted by Gasteiger charge is -2.10. The van der Waals surface area contributed by atoms with E-state index < -0.39 is 28.9 Å². The van der Waals surface area contributed by atoms with Crippen molar-refractivity contribution in [2.45, 2.75) is 40.4 Å². The van der Waals surface area contributed by atoms with Gasteiger partial charge in [-0.05, 0) is 51.5 Å². The van der Waals surface area contributed by atoms with Crippen molar-refractivity contribution in [1.29, 1.82) is 0 Å². The van der Waals surface area contributed by atoms with Gasteiger partial charge in [0.25, 0.3) is 11.6 Å². The second-order valence-electron chi connectivity index (χ2n) is 7.82. The number of nitro benzene ring substituents is 1. The number of nitrogens with zero attached hydrogens (tertiary/aromatic N) is 1. The highest BCUT2D eigenvalue weighted by Gasteiger charge is 2.28. The van der Waals surface area contributed by atoms with Crippen molar-refractivity contribution in [1.82, 2.24) is 0 Å². The number of non-ortho nitro benzene ring substituents is 1. The minimum atomic E-state index is -0.697. The molecule has 0 aliphatic rings. The molecule has 0 saturated heterocycles. The number of nitrogens with one attached hydrogen (secondary N) is 1. The number of carbonyl (C=O) groups excluding carboxylic acids is 3. The number of nitro groups is 1. The number of hydrogen-bond acceptors (Lipinski definition) is 10. The van der Waals surface area contributed by atoms with Gasteiger partial charge in [0.2, 0.25) is 0 Å². The van der Waals surface area contributed by atoms with Crippen LogP contribution in [0.25, 0.3) is 0 Å². The smallest absolute Gasteiger partial charge is 0.348 e. The molecule has 1 amide bonds. The summed E-state index contributed by atoms with van der Waals surface area (Å²) in [6, 6.07) is 6.64. The minimum absolute atomic E-state index is 0.0468. The summed E-state index contributed by atoms with van der Waals surface area (Å²) in [5, 5.41) is 13.8. The van der Waals surface area contributed by atoms with Gasteiger partial charge in [0, 0.05) is 6.07 Å². The Balaban J connectivity index is 1.79. The predicted octanol–water partition coefficient (Wildman–Crippen LogP) is 5.78. The van der Waals surface area contributed by atoms with Gasteiger partial charge < -0.3 is 23.9 Å². The molecule has 2 aromatic heterocycles. The third-order valence-electron chi connectivity index (χ3n) is 4.76. The first-order chi connectivity index (χ1) is 17.5. The number of amides is 1. The number of esters is 2. The molecule has 13 heteroatoms. The van der Waals surface area contributed by atoms with E-state index in [9.17, 15) is 24.5 Å². The second kappa shape index (κ2) is 11.9. The lowest BCUT2D eigenvalue weighted by Crippen LogP contribution is -2.16. The van der Waals surface area contributed by atoms with Gasteiger partial charge in [-0.15, -0.1) is 11.3 Å². The number of thiophene rings is 1. The van der Waals surface area contributed by atoms with Gasteiger partial charge in [0.05, 0.1) is 34.3 Å². The van der Waals surface area contributed by atoms with Crippen molar-refractivity contribution >= 4 is 51.5 Å². The van der Waals surface area contributed by atoms with Gasteiger partial charge in [0.1, 0.15) is 28.0 Å². The van der Waals surface area contributed by atoms with Crippen LogP contribution in [0, 0.1) is 17.0 Å². The molecule has 1 aromatic carbocycles. The molecule has 0 spiro atoms. The van der Waals surface area contributed by atoms with E-state index in [2.05, 4.69) is 5.32 Å². The van der Waals surface area contributed by atoms with E-state index in [4.69, 9.17) is 30.2 Å². The maximum Gasteiger partial charge on any atom is 0.348 e. The Hall–Kier alpha value is -3.90. The molecule has 0 bridgehead atoms.